The van der Waals surface area contributed by atoms with Gasteiger partial charge in [-0.2, -0.15) is 4.98 Å². The van der Waals surface area contributed by atoms with E-state index in [4.69, 9.17) is 19.4 Å². The maximum Gasteiger partial charge on any atom is 0.228 e. The Morgan fingerprint density at radius 2 is 2.03 bits per heavy atom. The lowest BCUT2D eigenvalue weighted by Crippen LogP contribution is -2.34. The van der Waals surface area contributed by atoms with Gasteiger partial charge in [-0.25, -0.2) is 9.97 Å². The summed E-state index contributed by atoms with van der Waals surface area (Å²) in [5.41, 5.74) is 2.99. The van der Waals surface area contributed by atoms with Crippen LogP contribution < -0.4 is 9.64 Å². The van der Waals surface area contributed by atoms with Gasteiger partial charge in [0.2, 0.25) is 5.95 Å². The highest BCUT2D eigenvalue weighted by Gasteiger charge is 2.33. The maximum absolute atomic E-state index is 10.2. The van der Waals surface area contributed by atoms with Crippen LogP contribution in [0.4, 0.5) is 5.95 Å². The number of aliphatic hydroxyl groups excluding tert-OH is 2. The van der Waals surface area contributed by atoms with Gasteiger partial charge in [-0.3, -0.25) is 4.57 Å². The predicted octanol–water partition coefficient (Wildman–Crippen LogP) is 2.13. The quantitative estimate of drug-likeness (QED) is 0.641. The number of anilines is 1. The molecule has 0 amide bonds. The summed E-state index contributed by atoms with van der Waals surface area (Å²) in [4.78, 5) is 16.2. The second-order valence-corrected chi connectivity index (χ2v) is 8.12. The highest BCUT2D eigenvalue weighted by Crippen LogP contribution is 2.33. The Labute approximate surface area is 180 Å². The number of ether oxygens (including phenoxy) is 2. The molecule has 9 heteroatoms. The van der Waals surface area contributed by atoms with Gasteiger partial charge in [0.15, 0.2) is 5.65 Å². The van der Waals surface area contributed by atoms with E-state index in [1.54, 1.807) is 13.4 Å². The summed E-state index contributed by atoms with van der Waals surface area (Å²) in [6.07, 6.45) is 4.69. The minimum absolute atomic E-state index is 0.0681. The number of β-amino-alcohol motifs (C(OH)–C–C–N with tert-alkyl or cyclic N) is 1. The molecule has 2 fully saturated rings. The highest BCUT2D eigenvalue weighted by atomic mass is 16.5. The van der Waals surface area contributed by atoms with E-state index in [0.29, 0.717) is 35.8 Å². The van der Waals surface area contributed by atoms with Crippen LogP contribution in [0.2, 0.25) is 0 Å². The van der Waals surface area contributed by atoms with Crippen LogP contribution in [-0.4, -0.2) is 68.7 Å². The molecule has 1 aromatic carbocycles. The summed E-state index contributed by atoms with van der Waals surface area (Å²) in [5.74, 6) is 1.24. The van der Waals surface area contributed by atoms with Gasteiger partial charge < -0.3 is 24.6 Å². The SMILES string of the molecule is COc1ccc(-c2nc(N3C[C@H](O)C[C@H]3CO)nc3c2ncn3C2CCCCO2)cc1. The van der Waals surface area contributed by atoms with Crippen LogP contribution >= 0.6 is 0 Å². The number of rotatable bonds is 5. The van der Waals surface area contributed by atoms with E-state index in [9.17, 15) is 10.2 Å². The Morgan fingerprint density at radius 3 is 2.74 bits per heavy atom. The lowest BCUT2D eigenvalue weighted by Gasteiger charge is -2.25. The van der Waals surface area contributed by atoms with Crippen LogP contribution in [0.15, 0.2) is 30.6 Å². The van der Waals surface area contributed by atoms with Crippen LogP contribution in [0.25, 0.3) is 22.4 Å². The molecular formula is C22H27N5O4. The van der Waals surface area contributed by atoms with E-state index in [1.807, 2.05) is 33.7 Å². The number of fused-ring (bicyclic) bond motifs is 1. The molecule has 31 heavy (non-hydrogen) atoms. The Morgan fingerprint density at radius 1 is 1.19 bits per heavy atom. The van der Waals surface area contributed by atoms with Gasteiger partial charge in [-0.15, -0.1) is 0 Å². The average molecular weight is 425 g/mol. The van der Waals surface area contributed by atoms with Crippen molar-refractivity contribution in [1.82, 2.24) is 19.5 Å². The second kappa shape index (κ2) is 8.41. The molecule has 3 aromatic rings. The smallest absolute Gasteiger partial charge is 0.228 e. The maximum atomic E-state index is 10.2. The summed E-state index contributed by atoms with van der Waals surface area (Å²) in [6, 6.07) is 7.45. The van der Waals surface area contributed by atoms with Crippen LogP contribution in [0, 0.1) is 0 Å². The number of methoxy groups -OCH3 is 1. The van der Waals surface area contributed by atoms with E-state index < -0.39 is 6.10 Å². The number of aliphatic hydroxyl groups is 2. The molecule has 9 nitrogen and oxygen atoms in total. The Kier molecular flexibility index (Phi) is 5.47. The fraction of sp³-hybridized carbons (Fsp3) is 0.500. The molecular weight excluding hydrogens is 398 g/mol. The number of hydrogen-bond donors (Lipinski definition) is 2. The highest BCUT2D eigenvalue weighted by molar-refractivity contribution is 5.88. The van der Waals surface area contributed by atoms with Crippen LogP contribution in [0.1, 0.15) is 31.9 Å². The number of aromatic nitrogens is 4. The van der Waals surface area contributed by atoms with Crippen molar-refractivity contribution in [1.29, 1.82) is 0 Å². The first-order valence-corrected chi connectivity index (χ1v) is 10.7. The molecule has 5 rings (SSSR count). The molecule has 2 aromatic heterocycles. The monoisotopic (exact) mass is 425 g/mol. The van der Waals surface area contributed by atoms with E-state index >= 15 is 0 Å². The summed E-state index contributed by atoms with van der Waals surface area (Å²) < 4.78 is 13.3. The van der Waals surface area contributed by atoms with E-state index in [0.717, 1.165) is 37.2 Å². The zero-order valence-corrected chi connectivity index (χ0v) is 17.5. The van der Waals surface area contributed by atoms with E-state index in [-0.39, 0.29) is 18.9 Å². The molecule has 2 aliphatic heterocycles. The van der Waals surface area contributed by atoms with Crippen molar-refractivity contribution in [2.75, 3.05) is 31.8 Å². The molecule has 2 saturated heterocycles. The molecule has 0 saturated carbocycles. The molecule has 3 atom stereocenters. The number of nitrogens with zero attached hydrogens (tertiary/aromatic N) is 5. The molecule has 0 radical (unpaired) electrons. The normalized spacial score (nSPS) is 24.1. The molecule has 4 heterocycles. The zero-order chi connectivity index (χ0) is 21.4. The van der Waals surface area contributed by atoms with Crippen LogP contribution in [0.3, 0.4) is 0 Å². The number of hydrogen-bond acceptors (Lipinski definition) is 8. The molecule has 2 N–H and O–H groups in total. The molecule has 0 bridgehead atoms. The fourth-order valence-electron chi connectivity index (χ4n) is 4.45. The lowest BCUT2D eigenvalue weighted by molar-refractivity contribution is -0.0298. The Balaban J connectivity index is 1.65. The van der Waals surface area contributed by atoms with Crippen molar-refractivity contribution in [2.24, 2.45) is 0 Å². The second-order valence-electron chi connectivity index (χ2n) is 8.12. The van der Waals surface area contributed by atoms with Gasteiger partial charge in [-0.05, 0) is 49.9 Å². The molecule has 0 spiro atoms. The molecule has 164 valence electrons. The van der Waals surface area contributed by atoms with Gasteiger partial charge in [0.05, 0.1) is 32.2 Å². The lowest BCUT2D eigenvalue weighted by atomic mass is 10.1. The van der Waals surface area contributed by atoms with Gasteiger partial charge >= 0.3 is 0 Å². The van der Waals surface area contributed by atoms with Crippen molar-refractivity contribution < 1.29 is 19.7 Å². The van der Waals surface area contributed by atoms with Gasteiger partial charge in [0.1, 0.15) is 23.2 Å². The third-order valence-corrected chi connectivity index (χ3v) is 6.10. The summed E-state index contributed by atoms with van der Waals surface area (Å²) >= 11 is 0. The molecule has 2 aliphatic rings. The first-order chi connectivity index (χ1) is 15.2. The molecule has 0 aliphatic carbocycles. The Bertz CT molecular complexity index is 1050. The van der Waals surface area contributed by atoms with Crippen molar-refractivity contribution in [3.8, 4) is 17.0 Å². The van der Waals surface area contributed by atoms with Crippen LogP contribution in [-0.2, 0) is 4.74 Å². The first-order valence-electron chi connectivity index (χ1n) is 10.7. The van der Waals surface area contributed by atoms with E-state index in [1.165, 1.54) is 0 Å². The third-order valence-electron chi connectivity index (χ3n) is 6.10. The minimum Gasteiger partial charge on any atom is -0.497 e. The van der Waals surface area contributed by atoms with Crippen molar-refractivity contribution in [3.05, 3.63) is 30.6 Å². The standard InChI is InChI=1S/C22H27N5O4/c1-30-17-7-5-14(6-8-17)19-20-21(27(13-23-20)18-4-2-3-9-31-18)25-22(24-19)26-11-16(29)10-15(26)12-28/h5-8,13,15-16,18,28-29H,2-4,9-12H2,1H3/t15-,16+,18?/m0/s1. The third kappa shape index (κ3) is 3.73. The first kappa shape index (κ1) is 20.2. The van der Waals surface area contributed by atoms with Crippen molar-refractivity contribution in [2.45, 2.75) is 44.1 Å². The largest absolute Gasteiger partial charge is 0.497 e. The summed E-state index contributed by atoms with van der Waals surface area (Å²) in [5, 5.41) is 20.0. The number of benzene rings is 1. The van der Waals surface area contributed by atoms with Crippen molar-refractivity contribution >= 4 is 17.1 Å². The van der Waals surface area contributed by atoms with Gasteiger partial charge in [0, 0.05) is 18.7 Å². The fourth-order valence-corrected chi connectivity index (χ4v) is 4.45. The summed E-state index contributed by atoms with van der Waals surface area (Å²) in [7, 11) is 1.63. The van der Waals surface area contributed by atoms with Gasteiger partial charge in [-0.1, -0.05) is 0 Å². The van der Waals surface area contributed by atoms with Crippen molar-refractivity contribution in [3.63, 3.8) is 0 Å². The summed E-state index contributed by atoms with van der Waals surface area (Å²) in [6.45, 7) is 1.03. The van der Waals surface area contributed by atoms with Gasteiger partial charge in [0.25, 0.3) is 0 Å². The average Bonchev–Trinajstić information content (AvgIpc) is 3.42. The Hall–Kier alpha value is -2.75. The van der Waals surface area contributed by atoms with E-state index in [2.05, 4.69) is 4.98 Å². The topological polar surface area (TPSA) is 106 Å². The predicted molar refractivity (Wildman–Crippen MR) is 115 cm³/mol. The molecule has 1 unspecified atom stereocenters. The minimum atomic E-state index is -0.521. The number of imidazole rings is 1. The zero-order valence-electron chi connectivity index (χ0n) is 17.5. The van der Waals surface area contributed by atoms with Crippen LogP contribution in [0.5, 0.6) is 5.75 Å².